The first kappa shape index (κ1) is 12.8. The molecule has 0 spiro atoms. The van der Waals surface area contributed by atoms with Crippen LogP contribution < -0.4 is 0 Å². The van der Waals surface area contributed by atoms with Gasteiger partial charge in [0.1, 0.15) is 5.82 Å². The third-order valence-electron chi connectivity index (χ3n) is 3.43. The Kier molecular flexibility index (Phi) is 3.71. The SMILES string of the molecule is CN1CCC(O)(Cc2ccc(Cl)c(F)c2)CC1. The van der Waals surface area contributed by atoms with Crippen LogP contribution in [0.1, 0.15) is 18.4 Å². The lowest BCUT2D eigenvalue weighted by Gasteiger charge is -2.36. The highest BCUT2D eigenvalue weighted by Gasteiger charge is 2.31. The maximum absolute atomic E-state index is 13.3. The lowest BCUT2D eigenvalue weighted by molar-refractivity contribution is -0.0150. The van der Waals surface area contributed by atoms with Gasteiger partial charge >= 0.3 is 0 Å². The number of rotatable bonds is 2. The van der Waals surface area contributed by atoms with Crippen LogP contribution in [0.2, 0.25) is 5.02 Å². The molecule has 0 saturated carbocycles. The normalized spacial score (nSPS) is 20.5. The van der Waals surface area contributed by atoms with Crippen LogP contribution in [-0.2, 0) is 6.42 Å². The Labute approximate surface area is 106 Å². The van der Waals surface area contributed by atoms with Gasteiger partial charge in [0.2, 0.25) is 0 Å². The maximum Gasteiger partial charge on any atom is 0.142 e. The quantitative estimate of drug-likeness (QED) is 0.880. The van der Waals surface area contributed by atoms with Crippen molar-refractivity contribution < 1.29 is 9.50 Å². The first-order chi connectivity index (χ1) is 7.98. The van der Waals surface area contributed by atoms with Gasteiger partial charge in [0.05, 0.1) is 10.6 Å². The molecule has 0 aliphatic carbocycles. The lowest BCUT2D eigenvalue weighted by atomic mass is 9.85. The molecule has 2 rings (SSSR count). The number of nitrogens with zero attached hydrogens (tertiary/aromatic N) is 1. The van der Waals surface area contributed by atoms with Crippen LogP contribution in [0.25, 0.3) is 0 Å². The highest BCUT2D eigenvalue weighted by molar-refractivity contribution is 6.30. The molecule has 1 aromatic rings. The fraction of sp³-hybridized carbons (Fsp3) is 0.538. The van der Waals surface area contributed by atoms with Crippen molar-refractivity contribution in [1.82, 2.24) is 4.90 Å². The molecule has 0 atom stereocenters. The van der Waals surface area contributed by atoms with Crippen LogP contribution in [0.4, 0.5) is 4.39 Å². The van der Waals surface area contributed by atoms with Gasteiger partial charge in [-0.05, 0) is 37.6 Å². The first-order valence-corrected chi connectivity index (χ1v) is 6.21. The van der Waals surface area contributed by atoms with Gasteiger partial charge < -0.3 is 10.0 Å². The Hall–Kier alpha value is -0.640. The van der Waals surface area contributed by atoms with Crippen LogP contribution in [0, 0.1) is 5.82 Å². The fourth-order valence-electron chi connectivity index (χ4n) is 2.24. The van der Waals surface area contributed by atoms with Crippen LogP contribution in [0.3, 0.4) is 0 Å². The van der Waals surface area contributed by atoms with E-state index in [1.807, 2.05) is 7.05 Å². The van der Waals surface area contributed by atoms with Gasteiger partial charge in [-0.25, -0.2) is 4.39 Å². The minimum atomic E-state index is -0.702. The fourth-order valence-corrected chi connectivity index (χ4v) is 2.36. The molecule has 0 aromatic heterocycles. The van der Waals surface area contributed by atoms with Gasteiger partial charge in [-0.1, -0.05) is 17.7 Å². The molecule has 17 heavy (non-hydrogen) atoms. The topological polar surface area (TPSA) is 23.5 Å². The maximum atomic E-state index is 13.3. The van der Waals surface area contributed by atoms with Crippen molar-refractivity contribution in [3.63, 3.8) is 0 Å². The van der Waals surface area contributed by atoms with Crippen molar-refractivity contribution in [3.8, 4) is 0 Å². The van der Waals surface area contributed by atoms with Crippen molar-refractivity contribution in [3.05, 3.63) is 34.6 Å². The number of hydrogen-bond donors (Lipinski definition) is 1. The predicted molar refractivity (Wildman–Crippen MR) is 66.8 cm³/mol. The molecular formula is C13H17ClFNO. The van der Waals surface area contributed by atoms with Crippen LogP contribution >= 0.6 is 11.6 Å². The van der Waals surface area contributed by atoms with E-state index >= 15 is 0 Å². The van der Waals surface area contributed by atoms with Gasteiger partial charge in [0, 0.05) is 19.5 Å². The monoisotopic (exact) mass is 257 g/mol. The van der Waals surface area contributed by atoms with E-state index in [0.29, 0.717) is 6.42 Å². The van der Waals surface area contributed by atoms with Crippen molar-refractivity contribution in [2.45, 2.75) is 24.9 Å². The summed E-state index contributed by atoms with van der Waals surface area (Å²) in [7, 11) is 2.04. The van der Waals surface area contributed by atoms with Gasteiger partial charge in [0.25, 0.3) is 0 Å². The minimum Gasteiger partial charge on any atom is -0.389 e. The Morgan fingerprint density at radius 1 is 1.41 bits per heavy atom. The smallest absolute Gasteiger partial charge is 0.142 e. The van der Waals surface area contributed by atoms with E-state index in [9.17, 15) is 9.50 Å². The zero-order chi connectivity index (χ0) is 12.5. The second kappa shape index (κ2) is 4.92. The second-order valence-corrected chi connectivity index (χ2v) is 5.36. The number of halogens is 2. The Bertz CT molecular complexity index is 402. The van der Waals surface area contributed by atoms with E-state index in [2.05, 4.69) is 4.90 Å². The zero-order valence-corrected chi connectivity index (χ0v) is 10.7. The third-order valence-corrected chi connectivity index (χ3v) is 3.74. The summed E-state index contributed by atoms with van der Waals surface area (Å²) in [6.07, 6.45) is 1.95. The van der Waals surface area contributed by atoms with Crippen molar-refractivity contribution >= 4 is 11.6 Å². The molecule has 0 radical (unpaired) electrons. The highest BCUT2D eigenvalue weighted by atomic mass is 35.5. The molecule has 1 heterocycles. The Balaban J connectivity index is 2.07. The largest absolute Gasteiger partial charge is 0.389 e. The summed E-state index contributed by atoms with van der Waals surface area (Å²) in [5, 5.41) is 10.5. The molecule has 1 saturated heterocycles. The summed E-state index contributed by atoms with van der Waals surface area (Å²) in [6.45, 7) is 1.76. The van der Waals surface area contributed by atoms with E-state index in [4.69, 9.17) is 11.6 Å². The standard InChI is InChI=1S/C13H17ClFNO/c1-16-6-4-13(17,5-7-16)9-10-2-3-11(14)12(15)8-10/h2-3,8,17H,4-7,9H2,1H3. The zero-order valence-electron chi connectivity index (χ0n) is 9.92. The van der Waals surface area contributed by atoms with Gasteiger partial charge in [0.15, 0.2) is 0 Å². The summed E-state index contributed by atoms with van der Waals surface area (Å²) in [4.78, 5) is 2.19. The predicted octanol–water partition coefficient (Wildman–Crippen LogP) is 2.48. The lowest BCUT2D eigenvalue weighted by Crippen LogP contribution is -2.44. The molecule has 1 aromatic carbocycles. The van der Waals surface area contributed by atoms with Gasteiger partial charge in [-0.3, -0.25) is 0 Å². The van der Waals surface area contributed by atoms with Crippen LogP contribution in [0.15, 0.2) is 18.2 Å². The van der Waals surface area contributed by atoms with Crippen molar-refractivity contribution in [2.24, 2.45) is 0 Å². The van der Waals surface area contributed by atoms with Gasteiger partial charge in [-0.15, -0.1) is 0 Å². The number of benzene rings is 1. The highest BCUT2D eigenvalue weighted by Crippen LogP contribution is 2.27. The summed E-state index contributed by atoms with van der Waals surface area (Å²) in [5.74, 6) is -0.416. The molecule has 2 nitrogen and oxygen atoms in total. The Morgan fingerprint density at radius 2 is 2.06 bits per heavy atom. The number of aliphatic hydroxyl groups is 1. The number of piperidine rings is 1. The molecule has 0 amide bonds. The molecule has 4 heteroatoms. The second-order valence-electron chi connectivity index (χ2n) is 4.95. The van der Waals surface area contributed by atoms with E-state index in [0.717, 1.165) is 31.5 Å². The van der Waals surface area contributed by atoms with E-state index < -0.39 is 11.4 Å². The summed E-state index contributed by atoms with van der Waals surface area (Å²) < 4.78 is 13.3. The molecule has 0 bridgehead atoms. The summed E-state index contributed by atoms with van der Waals surface area (Å²) >= 11 is 5.63. The average molecular weight is 258 g/mol. The van der Waals surface area contributed by atoms with E-state index in [1.165, 1.54) is 6.07 Å². The van der Waals surface area contributed by atoms with Crippen LogP contribution in [0.5, 0.6) is 0 Å². The minimum absolute atomic E-state index is 0.129. The molecule has 1 aliphatic rings. The third kappa shape index (κ3) is 3.18. The molecule has 1 N–H and O–H groups in total. The van der Waals surface area contributed by atoms with E-state index in [1.54, 1.807) is 12.1 Å². The Morgan fingerprint density at radius 3 is 2.65 bits per heavy atom. The molecule has 1 fully saturated rings. The van der Waals surface area contributed by atoms with Crippen molar-refractivity contribution in [1.29, 1.82) is 0 Å². The molecule has 94 valence electrons. The van der Waals surface area contributed by atoms with E-state index in [-0.39, 0.29) is 5.02 Å². The van der Waals surface area contributed by atoms with Crippen LogP contribution in [-0.4, -0.2) is 35.7 Å². The molecular weight excluding hydrogens is 241 g/mol. The molecule has 0 unspecified atom stereocenters. The average Bonchev–Trinajstić information content (AvgIpc) is 2.28. The summed E-state index contributed by atoms with van der Waals surface area (Å²) in [6, 6.07) is 4.74. The van der Waals surface area contributed by atoms with Gasteiger partial charge in [-0.2, -0.15) is 0 Å². The first-order valence-electron chi connectivity index (χ1n) is 5.83. The number of likely N-dealkylation sites (tertiary alicyclic amines) is 1. The number of hydrogen-bond acceptors (Lipinski definition) is 2. The summed E-state index contributed by atoms with van der Waals surface area (Å²) in [5.41, 5.74) is 0.103. The molecule has 1 aliphatic heterocycles. The van der Waals surface area contributed by atoms with Crippen molar-refractivity contribution in [2.75, 3.05) is 20.1 Å².